The van der Waals surface area contributed by atoms with Gasteiger partial charge in [0.25, 0.3) is 11.6 Å². The maximum atomic E-state index is 12.0. The Morgan fingerprint density at radius 1 is 1.58 bits per heavy atom. The van der Waals surface area contributed by atoms with Crippen molar-refractivity contribution in [2.75, 3.05) is 6.54 Å². The molecule has 1 aromatic rings. The molecule has 2 rings (SSSR count). The van der Waals surface area contributed by atoms with Gasteiger partial charge < -0.3 is 0 Å². The minimum atomic E-state index is -0.615. The van der Waals surface area contributed by atoms with Crippen molar-refractivity contribution in [3.05, 3.63) is 39.9 Å². The van der Waals surface area contributed by atoms with Gasteiger partial charge in [-0.3, -0.25) is 20.2 Å². The first-order valence-electron chi connectivity index (χ1n) is 5.82. The van der Waals surface area contributed by atoms with Gasteiger partial charge in [0.1, 0.15) is 5.56 Å². The molecule has 1 unspecified atom stereocenters. The first-order valence-corrected chi connectivity index (χ1v) is 6.70. The van der Waals surface area contributed by atoms with Crippen molar-refractivity contribution in [3.8, 4) is 0 Å². The molecule has 1 aliphatic rings. The second-order valence-corrected chi connectivity index (χ2v) is 5.23. The second kappa shape index (κ2) is 5.83. The third-order valence-corrected chi connectivity index (χ3v) is 3.93. The summed E-state index contributed by atoms with van der Waals surface area (Å²) >= 11 is 1.44. The van der Waals surface area contributed by atoms with Crippen LogP contribution >= 0.6 is 11.8 Å². The van der Waals surface area contributed by atoms with Crippen molar-refractivity contribution in [1.82, 2.24) is 5.32 Å². The number of hydrogen-bond donors (Lipinski definition) is 0. The molecule has 19 heavy (non-hydrogen) atoms. The smallest absolute Gasteiger partial charge is 0.266 e. The maximum absolute atomic E-state index is 12.0. The number of benzene rings is 1. The molecule has 6 nitrogen and oxygen atoms in total. The summed E-state index contributed by atoms with van der Waals surface area (Å²) in [5, 5.41) is 15.7. The zero-order valence-electron chi connectivity index (χ0n) is 10.3. The summed E-state index contributed by atoms with van der Waals surface area (Å²) in [6.07, 6.45) is 0.951. The van der Waals surface area contributed by atoms with Gasteiger partial charge in [0.05, 0.1) is 11.5 Å². The molecule has 0 aliphatic carbocycles. The van der Waals surface area contributed by atoms with E-state index in [9.17, 15) is 14.9 Å². The molecule has 99 valence electrons. The summed E-state index contributed by atoms with van der Waals surface area (Å²) in [5.74, 6) is -0.615. The Hall–Kier alpha value is -1.89. The Labute approximate surface area is 114 Å². The third-order valence-electron chi connectivity index (χ3n) is 2.69. The van der Waals surface area contributed by atoms with E-state index >= 15 is 0 Å². The number of nitro groups is 1. The van der Waals surface area contributed by atoms with Gasteiger partial charge in [0.2, 0.25) is 0 Å². The zero-order chi connectivity index (χ0) is 13.8. The largest absolute Gasteiger partial charge is 0.286 e. The molecule has 0 N–H and O–H groups in total. The van der Waals surface area contributed by atoms with E-state index in [2.05, 4.69) is 10.3 Å². The van der Waals surface area contributed by atoms with E-state index in [-0.39, 0.29) is 11.3 Å². The highest BCUT2D eigenvalue weighted by Gasteiger charge is 2.24. The monoisotopic (exact) mass is 278 g/mol. The molecular weight excluding hydrogens is 266 g/mol. The first kappa shape index (κ1) is 13.5. The normalized spacial score (nSPS) is 20.3. The summed E-state index contributed by atoms with van der Waals surface area (Å²) < 4.78 is 0. The van der Waals surface area contributed by atoms with Crippen LogP contribution in [0.1, 0.15) is 23.7 Å². The number of amidine groups is 1. The van der Waals surface area contributed by atoms with Gasteiger partial charge in [-0.2, -0.15) is 4.99 Å². The Morgan fingerprint density at radius 2 is 2.32 bits per heavy atom. The molecule has 0 bridgehead atoms. The van der Waals surface area contributed by atoms with Gasteiger partial charge >= 0.3 is 0 Å². The molecule has 1 amide bonds. The zero-order valence-corrected chi connectivity index (χ0v) is 11.1. The number of para-hydroxylation sites is 1. The molecule has 0 aromatic heterocycles. The third kappa shape index (κ3) is 3.11. The number of nitro benzene ring substituents is 1. The molecule has 1 aliphatic heterocycles. The summed E-state index contributed by atoms with van der Waals surface area (Å²) in [5.41, 5.74) is -0.234. The van der Waals surface area contributed by atoms with E-state index < -0.39 is 10.8 Å². The van der Waals surface area contributed by atoms with Crippen LogP contribution in [0.2, 0.25) is 0 Å². The number of amides is 1. The van der Waals surface area contributed by atoms with Crippen molar-refractivity contribution < 1.29 is 9.72 Å². The average molecular weight is 278 g/mol. The summed E-state index contributed by atoms with van der Waals surface area (Å²) in [6.45, 7) is 2.68. The van der Waals surface area contributed by atoms with E-state index in [4.69, 9.17) is 0 Å². The number of carbonyl (C=O) groups excluding carboxylic acids is 1. The van der Waals surface area contributed by atoms with Gasteiger partial charge in [-0.25, -0.2) is 0 Å². The van der Waals surface area contributed by atoms with Crippen LogP contribution in [-0.4, -0.2) is 27.8 Å². The highest BCUT2D eigenvalue weighted by Crippen LogP contribution is 2.24. The Bertz CT molecular complexity index is 545. The molecule has 1 aromatic carbocycles. The average Bonchev–Trinajstić information content (AvgIpc) is 2.86. The number of nitrogens with zero attached hydrogens (tertiary/aromatic N) is 3. The van der Waals surface area contributed by atoms with Gasteiger partial charge in [-0.1, -0.05) is 30.8 Å². The predicted molar refractivity (Wildman–Crippen MR) is 73.5 cm³/mol. The number of hydrogen-bond acceptors (Lipinski definition) is 4. The quantitative estimate of drug-likeness (QED) is 0.626. The Kier molecular flexibility index (Phi) is 4.16. The van der Waals surface area contributed by atoms with E-state index in [0.717, 1.165) is 6.42 Å². The van der Waals surface area contributed by atoms with Gasteiger partial charge in [0, 0.05) is 11.3 Å². The molecule has 1 heterocycles. The standard InChI is InChI=1S/C12H12N3O3S/c1-2-8-7-13-12(19-8)14-11(16)9-5-3-4-6-10(9)15(17)18/h3-6,8H,2,7H2,1H3. The fraction of sp³-hybridized carbons (Fsp3) is 0.333. The van der Waals surface area contributed by atoms with Crippen LogP contribution in [0, 0.1) is 10.1 Å². The Balaban J connectivity index is 2.21. The summed E-state index contributed by atoms with van der Waals surface area (Å²) in [7, 11) is 0. The van der Waals surface area contributed by atoms with Crippen LogP contribution in [-0.2, 0) is 0 Å². The van der Waals surface area contributed by atoms with Crippen LogP contribution in [0.3, 0.4) is 0 Å². The molecule has 7 heteroatoms. The van der Waals surface area contributed by atoms with Crippen LogP contribution in [0.4, 0.5) is 5.69 Å². The Morgan fingerprint density at radius 3 is 2.95 bits per heavy atom. The topological polar surface area (TPSA) is 86.7 Å². The predicted octanol–water partition coefficient (Wildman–Crippen LogP) is 2.22. The molecule has 0 spiro atoms. The molecule has 1 saturated heterocycles. The van der Waals surface area contributed by atoms with Crippen LogP contribution in [0.25, 0.3) is 0 Å². The van der Waals surface area contributed by atoms with Crippen LogP contribution in [0.15, 0.2) is 29.3 Å². The summed E-state index contributed by atoms with van der Waals surface area (Å²) in [6, 6.07) is 5.79. The fourth-order valence-electron chi connectivity index (χ4n) is 1.64. The van der Waals surface area contributed by atoms with E-state index in [1.807, 2.05) is 6.92 Å². The van der Waals surface area contributed by atoms with Crippen LogP contribution in [0.5, 0.6) is 0 Å². The maximum Gasteiger partial charge on any atom is 0.286 e. The molecule has 1 fully saturated rings. The van der Waals surface area contributed by atoms with Crippen molar-refractivity contribution in [2.45, 2.75) is 18.6 Å². The lowest BCUT2D eigenvalue weighted by molar-refractivity contribution is -0.385. The number of rotatable bonds is 3. The van der Waals surface area contributed by atoms with Crippen molar-refractivity contribution in [3.63, 3.8) is 0 Å². The van der Waals surface area contributed by atoms with Gasteiger partial charge in [-0.15, -0.1) is 0 Å². The molecule has 1 radical (unpaired) electrons. The minimum absolute atomic E-state index is 0.00394. The lowest BCUT2D eigenvalue weighted by atomic mass is 10.2. The molecular formula is C12H12N3O3S. The summed E-state index contributed by atoms with van der Waals surface area (Å²) in [4.78, 5) is 26.1. The first-order chi connectivity index (χ1) is 9.11. The fourth-order valence-corrected chi connectivity index (χ4v) is 2.54. The van der Waals surface area contributed by atoms with E-state index in [1.54, 1.807) is 6.07 Å². The number of carbonyl (C=O) groups is 1. The van der Waals surface area contributed by atoms with Crippen molar-refractivity contribution in [1.29, 1.82) is 0 Å². The van der Waals surface area contributed by atoms with Crippen LogP contribution < -0.4 is 5.32 Å². The number of aliphatic imine (C=N–C) groups is 1. The molecule has 0 saturated carbocycles. The highest BCUT2D eigenvalue weighted by atomic mass is 32.2. The minimum Gasteiger partial charge on any atom is -0.266 e. The lowest BCUT2D eigenvalue weighted by Gasteiger charge is -1.99. The van der Waals surface area contributed by atoms with E-state index in [1.165, 1.54) is 30.0 Å². The van der Waals surface area contributed by atoms with Gasteiger partial charge in [-0.05, 0) is 12.5 Å². The van der Waals surface area contributed by atoms with Crippen molar-refractivity contribution in [2.24, 2.45) is 4.99 Å². The number of thioether (sulfide) groups is 1. The van der Waals surface area contributed by atoms with Crippen molar-refractivity contribution >= 4 is 28.5 Å². The van der Waals surface area contributed by atoms with Gasteiger partial charge in [0.15, 0.2) is 5.17 Å². The lowest BCUT2D eigenvalue weighted by Crippen LogP contribution is -2.10. The van der Waals surface area contributed by atoms with E-state index in [0.29, 0.717) is 17.0 Å². The highest BCUT2D eigenvalue weighted by molar-refractivity contribution is 8.14. The SMILES string of the molecule is CCC1C[N]C(=NC(=O)c2ccccc2[N+](=O)[O-])S1. The molecule has 1 atom stereocenters. The second-order valence-electron chi connectivity index (χ2n) is 3.96.